The highest BCUT2D eigenvalue weighted by molar-refractivity contribution is 7.88. The van der Waals surface area contributed by atoms with Gasteiger partial charge in [-0.05, 0) is 37.8 Å². The van der Waals surface area contributed by atoms with Crippen molar-refractivity contribution >= 4 is 15.7 Å². The summed E-state index contributed by atoms with van der Waals surface area (Å²) in [7, 11) is -1.48. The third-order valence-electron chi connectivity index (χ3n) is 4.50. The summed E-state index contributed by atoms with van der Waals surface area (Å²) in [5.41, 5.74) is 2.63. The first-order valence-corrected chi connectivity index (χ1v) is 9.25. The van der Waals surface area contributed by atoms with E-state index in [0.717, 1.165) is 6.42 Å². The molecule has 0 aliphatic carbocycles. The largest absolute Gasteiger partial charge is 0.365 e. The Bertz CT molecular complexity index is 610. The number of hydrogen-bond donors (Lipinski definition) is 0. The van der Waals surface area contributed by atoms with Crippen LogP contribution in [0.2, 0.25) is 0 Å². The van der Waals surface area contributed by atoms with E-state index in [2.05, 4.69) is 49.9 Å². The molecule has 0 saturated carbocycles. The van der Waals surface area contributed by atoms with Crippen LogP contribution in [0.4, 0.5) is 5.69 Å². The van der Waals surface area contributed by atoms with Crippen molar-refractivity contribution in [3.63, 3.8) is 0 Å². The molecule has 5 heteroatoms. The fourth-order valence-corrected chi connectivity index (χ4v) is 3.69. The van der Waals surface area contributed by atoms with E-state index in [1.807, 2.05) is 0 Å². The lowest BCUT2D eigenvalue weighted by atomic mass is 9.80. The number of fused-ring (bicyclic) bond motifs is 1. The van der Waals surface area contributed by atoms with Crippen LogP contribution < -0.4 is 4.90 Å². The minimum Gasteiger partial charge on any atom is -0.365 e. The molecule has 2 rings (SSSR count). The van der Waals surface area contributed by atoms with Crippen molar-refractivity contribution in [1.82, 2.24) is 4.31 Å². The molecule has 1 aliphatic rings. The molecule has 0 N–H and O–H groups in total. The Morgan fingerprint density at radius 1 is 1.33 bits per heavy atom. The van der Waals surface area contributed by atoms with Gasteiger partial charge in [0.15, 0.2) is 0 Å². The maximum Gasteiger partial charge on any atom is 0.211 e. The molecule has 4 nitrogen and oxygen atoms in total. The normalized spacial score (nSPS) is 21.4. The zero-order valence-corrected chi connectivity index (χ0v) is 14.4. The highest BCUT2D eigenvalue weighted by Gasteiger charge is 2.36. The fourth-order valence-electron chi connectivity index (χ4n) is 3.28. The van der Waals surface area contributed by atoms with Gasteiger partial charge in [-0.25, -0.2) is 12.7 Å². The van der Waals surface area contributed by atoms with E-state index >= 15 is 0 Å². The number of nitrogens with zero attached hydrogens (tertiary/aromatic N) is 2. The molecule has 0 aromatic heterocycles. The number of benzene rings is 1. The second kappa shape index (κ2) is 5.61. The zero-order chi connectivity index (χ0) is 15.8. The summed E-state index contributed by atoms with van der Waals surface area (Å²) in [6.45, 7) is 7.95. The van der Waals surface area contributed by atoms with Gasteiger partial charge in [0.1, 0.15) is 0 Å². The molecule has 0 amide bonds. The summed E-state index contributed by atoms with van der Waals surface area (Å²) in [6, 6.07) is 8.46. The van der Waals surface area contributed by atoms with E-state index in [0.29, 0.717) is 19.0 Å². The van der Waals surface area contributed by atoms with Crippen LogP contribution in [0.5, 0.6) is 0 Å². The Labute approximate surface area is 128 Å². The van der Waals surface area contributed by atoms with Crippen LogP contribution in [0.3, 0.4) is 0 Å². The molecule has 1 unspecified atom stereocenters. The maximum atomic E-state index is 11.6. The SMILES string of the molecule is CC1CC(C)(C)N(CCN(C)S(C)(=O)=O)c2ccccc21. The van der Waals surface area contributed by atoms with Crippen molar-refractivity contribution in [2.24, 2.45) is 0 Å². The Balaban J connectivity index is 2.26. The molecular formula is C16H26N2O2S. The number of anilines is 1. The smallest absolute Gasteiger partial charge is 0.211 e. The topological polar surface area (TPSA) is 40.6 Å². The van der Waals surface area contributed by atoms with E-state index in [9.17, 15) is 8.42 Å². The number of rotatable bonds is 4. The zero-order valence-electron chi connectivity index (χ0n) is 13.6. The molecule has 0 saturated heterocycles. The molecule has 1 aromatic carbocycles. The predicted molar refractivity (Wildman–Crippen MR) is 88.4 cm³/mol. The third-order valence-corrected chi connectivity index (χ3v) is 5.81. The first-order chi connectivity index (χ1) is 9.63. The van der Waals surface area contributed by atoms with Gasteiger partial charge in [-0.3, -0.25) is 0 Å². The van der Waals surface area contributed by atoms with Crippen LogP contribution in [0, 0.1) is 0 Å². The van der Waals surface area contributed by atoms with Crippen molar-refractivity contribution < 1.29 is 8.42 Å². The quantitative estimate of drug-likeness (QED) is 0.858. The van der Waals surface area contributed by atoms with E-state index < -0.39 is 10.0 Å². The van der Waals surface area contributed by atoms with Gasteiger partial charge in [-0.15, -0.1) is 0 Å². The standard InChI is InChI=1S/C16H26N2O2S/c1-13-12-16(2,3)18(11-10-17(4)21(5,19)20)15-9-7-6-8-14(13)15/h6-9,13H,10-12H2,1-5H3. The average Bonchev–Trinajstić information content (AvgIpc) is 2.36. The summed E-state index contributed by atoms with van der Waals surface area (Å²) < 4.78 is 24.6. The summed E-state index contributed by atoms with van der Waals surface area (Å²) in [4.78, 5) is 2.35. The van der Waals surface area contributed by atoms with Gasteiger partial charge in [-0.2, -0.15) is 0 Å². The predicted octanol–water partition coefficient (Wildman–Crippen LogP) is 2.67. The number of likely N-dealkylation sites (N-methyl/N-ethyl adjacent to an activating group) is 1. The fraction of sp³-hybridized carbons (Fsp3) is 0.625. The lowest BCUT2D eigenvalue weighted by Crippen LogP contribution is -2.51. The Hall–Kier alpha value is -1.07. The Morgan fingerprint density at radius 3 is 2.57 bits per heavy atom. The van der Waals surface area contributed by atoms with E-state index in [1.165, 1.54) is 21.8 Å². The van der Waals surface area contributed by atoms with Gasteiger partial charge in [0.05, 0.1) is 6.26 Å². The van der Waals surface area contributed by atoms with Crippen molar-refractivity contribution in [2.75, 3.05) is 31.3 Å². The van der Waals surface area contributed by atoms with Crippen molar-refractivity contribution in [2.45, 2.75) is 38.6 Å². The van der Waals surface area contributed by atoms with Gasteiger partial charge in [0.25, 0.3) is 0 Å². The van der Waals surface area contributed by atoms with Crippen LogP contribution in [0.1, 0.15) is 38.7 Å². The van der Waals surface area contributed by atoms with Gasteiger partial charge in [-0.1, -0.05) is 25.1 Å². The number of sulfonamides is 1. The first kappa shape index (κ1) is 16.3. The first-order valence-electron chi connectivity index (χ1n) is 7.41. The Morgan fingerprint density at radius 2 is 1.95 bits per heavy atom. The molecule has 1 aliphatic heterocycles. The third kappa shape index (κ3) is 3.40. The summed E-state index contributed by atoms with van der Waals surface area (Å²) in [5, 5.41) is 0. The summed E-state index contributed by atoms with van der Waals surface area (Å²) in [5.74, 6) is 0.528. The molecule has 118 valence electrons. The molecular weight excluding hydrogens is 284 g/mol. The highest BCUT2D eigenvalue weighted by atomic mass is 32.2. The van der Waals surface area contributed by atoms with Crippen LogP contribution in [-0.2, 0) is 10.0 Å². The van der Waals surface area contributed by atoms with Crippen molar-refractivity contribution in [1.29, 1.82) is 0 Å². The minimum absolute atomic E-state index is 0.0338. The molecule has 0 spiro atoms. The molecule has 0 fully saturated rings. The molecule has 0 radical (unpaired) electrons. The highest BCUT2D eigenvalue weighted by Crippen LogP contribution is 2.42. The lowest BCUT2D eigenvalue weighted by Gasteiger charge is -2.48. The minimum atomic E-state index is -3.12. The van der Waals surface area contributed by atoms with Gasteiger partial charge < -0.3 is 4.90 Å². The monoisotopic (exact) mass is 310 g/mol. The van der Waals surface area contributed by atoms with Gasteiger partial charge in [0, 0.05) is 31.4 Å². The maximum absolute atomic E-state index is 11.6. The second-order valence-electron chi connectivity index (χ2n) is 6.71. The molecule has 1 heterocycles. The summed E-state index contributed by atoms with van der Waals surface area (Å²) in [6.07, 6.45) is 2.33. The molecule has 21 heavy (non-hydrogen) atoms. The average molecular weight is 310 g/mol. The van der Waals surface area contributed by atoms with Crippen LogP contribution >= 0.6 is 0 Å². The number of hydrogen-bond acceptors (Lipinski definition) is 3. The molecule has 0 bridgehead atoms. The molecule has 1 aromatic rings. The van der Waals surface area contributed by atoms with E-state index in [-0.39, 0.29) is 5.54 Å². The van der Waals surface area contributed by atoms with Gasteiger partial charge >= 0.3 is 0 Å². The lowest BCUT2D eigenvalue weighted by molar-refractivity contribution is 0.362. The van der Waals surface area contributed by atoms with Crippen molar-refractivity contribution in [3.05, 3.63) is 29.8 Å². The van der Waals surface area contributed by atoms with Crippen molar-refractivity contribution in [3.8, 4) is 0 Å². The van der Waals surface area contributed by atoms with E-state index in [1.54, 1.807) is 7.05 Å². The van der Waals surface area contributed by atoms with Gasteiger partial charge in [0.2, 0.25) is 10.0 Å². The van der Waals surface area contributed by atoms with Crippen LogP contribution in [0.25, 0.3) is 0 Å². The molecule has 1 atom stereocenters. The van der Waals surface area contributed by atoms with Crippen LogP contribution in [0.15, 0.2) is 24.3 Å². The van der Waals surface area contributed by atoms with Crippen LogP contribution in [-0.4, -0.2) is 44.7 Å². The van der Waals surface area contributed by atoms with E-state index in [4.69, 9.17) is 0 Å². The Kier molecular flexibility index (Phi) is 4.36. The number of para-hydroxylation sites is 1. The second-order valence-corrected chi connectivity index (χ2v) is 8.80. The summed E-state index contributed by atoms with van der Waals surface area (Å²) >= 11 is 0.